The molecule has 0 atom stereocenters. The summed E-state index contributed by atoms with van der Waals surface area (Å²) in [5.41, 5.74) is 0. The highest BCUT2D eigenvalue weighted by Gasteiger charge is 1.58. The Morgan fingerprint density at radius 2 is 1.45 bits per heavy atom. The summed E-state index contributed by atoms with van der Waals surface area (Å²) in [6, 6.07) is 5.72. The molecule has 1 N–H and O–H groups in total. The summed E-state index contributed by atoms with van der Waals surface area (Å²) < 4.78 is 0. The summed E-state index contributed by atoms with van der Waals surface area (Å²) in [5.74, 6) is 0. The van der Waals surface area contributed by atoms with E-state index in [9.17, 15) is 0 Å². The summed E-state index contributed by atoms with van der Waals surface area (Å²) in [7, 11) is 0. The SMILES string of the molecule is Br.Br.C=NO.c1ccncc1. The first-order chi connectivity index (χ1) is 4.41. The number of oxime groups is 1. The Morgan fingerprint density at radius 1 is 1.09 bits per heavy atom. The number of rotatable bonds is 0. The topological polar surface area (TPSA) is 45.5 Å². The van der Waals surface area contributed by atoms with Crippen molar-refractivity contribution in [3.05, 3.63) is 30.6 Å². The van der Waals surface area contributed by atoms with Crippen LogP contribution in [0.3, 0.4) is 0 Å². The van der Waals surface area contributed by atoms with Crippen LogP contribution in [0.1, 0.15) is 0 Å². The van der Waals surface area contributed by atoms with Crippen LogP contribution < -0.4 is 0 Å². The van der Waals surface area contributed by atoms with E-state index in [1.165, 1.54) is 0 Å². The molecule has 0 amide bonds. The van der Waals surface area contributed by atoms with E-state index in [-0.39, 0.29) is 34.0 Å². The van der Waals surface area contributed by atoms with Gasteiger partial charge in [0.05, 0.1) is 0 Å². The Labute approximate surface area is 86.7 Å². The number of hydrogen-bond donors (Lipinski definition) is 1. The maximum Gasteiger partial charge on any atom is 0.0298 e. The molecule has 0 bridgehead atoms. The van der Waals surface area contributed by atoms with Crippen molar-refractivity contribution in [1.82, 2.24) is 4.98 Å². The van der Waals surface area contributed by atoms with Gasteiger partial charge in [-0.25, -0.2) is 0 Å². The summed E-state index contributed by atoms with van der Waals surface area (Å²) in [6.07, 6.45) is 3.50. The van der Waals surface area contributed by atoms with E-state index < -0.39 is 0 Å². The lowest BCUT2D eigenvalue weighted by molar-refractivity contribution is 0.323. The molecule has 1 heterocycles. The Bertz CT molecular complexity index is 122. The molecule has 64 valence electrons. The van der Waals surface area contributed by atoms with Gasteiger partial charge in [-0.3, -0.25) is 4.98 Å². The van der Waals surface area contributed by atoms with Crippen LogP contribution >= 0.6 is 34.0 Å². The Hall–Kier alpha value is -0.420. The van der Waals surface area contributed by atoms with Gasteiger partial charge in [0.2, 0.25) is 0 Å². The average molecular weight is 286 g/mol. The van der Waals surface area contributed by atoms with Gasteiger partial charge in [-0.1, -0.05) is 6.07 Å². The molecule has 0 aromatic carbocycles. The predicted molar refractivity (Wildman–Crippen MR) is 56.2 cm³/mol. The number of nitrogens with zero attached hydrogens (tertiary/aromatic N) is 2. The molecule has 0 aliphatic heterocycles. The van der Waals surface area contributed by atoms with E-state index in [0.29, 0.717) is 0 Å². The fourth-order valence-corrected chi connectivity index (χ4v) is 0.313. The minimum atomic E-state index is 0. The summed E-state index contributed by atoms with van der Waals surface area (Å²) >= 11 is 0. The van der Waals surface area contributed by atoms with Crippen molar-refractivity contribution in [2.75, 3.05) is 0 Å². The van der Waals surface area contributed by atoms with Crippen LogP contribution in [0, 0.1) is 0 Å². The minimum Gasteiger partial charge on any atom is -0.411 e. The van der Waals surface area contributed by atoms with E-state index in [2.05, 4.69) is 16.9 Å². The second-order valence-corrected chi connectivity index (χ2v) is 1.17. The van der Waals surface area contributed by atoms with Crippen LogP contribution in [-0.4, -0.2) is 16.9 Å². The molecular formula is C6H10Br2N2O. The number of pyridine rings is 1. The minimum absolute atomic E-state index is 0. The summed E-state index contributed by atoms with van der Waals surface area (Å²) in [5, 5.41) is 9.33. The second kappa shape index (κ2) is 16.3. The van der Waals surface area contributed by atoms with Gasteiger partial charge in [-0.2, -0.15) is 0 Å². The molecule has 1 aromatic rings. The normalized spacial score (nSPS) is 5.45. The van der Waals surface area contributed by atoms with Crippen molar-refractivity contribution >= 4 is 40.7 Å². The molecule has 0 saturated carbocycles. The van der Waals surface area contributed by atoms with Crippen LogP contribution in [0.25, 0.3) is 0 Å². The lowest BCUT2D eigenvalue weighted by atomic mass is 10.5. The first-order valence-corrected chi connectivity index (χ1v) is 2.37. The van der Waals surface area contributed by atoms with Crippen LogP contribution in [0.2, 0.25) is 0 Å². The zero-order valence-electron chi connectivity index (χ0n) is 5.75. The molecule has 0 radical (unpaired) electrons. The molecule has 11 heavy (non-hydrogen) atoms. The Kier molecular flexibility index (Phi) is 25.0. The lowest BCUT2D eigenvalue weighted by Gasteiger charge is -1.70. The molecule has 0 aliphatic carbocycles. The average Bonchev–Trinajstić information content (AvgIpc) is 1.93. The van der Waals surface area contributed by atoms with Gasteiger partial charge >= 0.3 is 0 Å². The van der Waals surface area contributed by atoms with E-state index in [0.717, 1.165) is 0 Å². The van der Waals surface area contributed by atoms with E-state index >= 15 is 0 Å². The highest BCUT2D eigenvalue weighted by Crippen LogP contribution is 1.73. The first-order valence-electron chi connectivity index (χ1n) is 2.37. The van der Waals surface area contributed by atoms with Gasteiger partial charge in [-0.15, -0.1) is 39.1 Å². The summed E-state index contributed by atoms with van der Waals surface area (Å²) in [4.78, 5) is 3.78. The van der Waals surface area contributed by atoms with Gasteiger partial charge < -0.3 is 5.21 Å². The third-order valence-electron chi connectivity index (χ3n) is 0.566. The van der Waals surface area contributed by atoms with E-state index in [1.807, 2.05) is 18.2 Å². The Balaban J connectivity index is -0.000000116. The molecule has 0 saturated heterocycles. The van der Waals surface area contributed by atoms with Crippen molar-refractivity contribution in [3.8, 4) is 0 Å². The first kappa shape index (κ1) is 16.9. The standard InChI is InChI=1S/C5H5N.CH3NO.2BrH/c1-2-4-6-5-3-1;1-2-3;;/h1-5H;3H,1H2;2*1H. The van der Waals surface area contributed by atoms with Crippen molar-refractivity contribution in [3.63, 3.8) is 0 Å². The molecule has 0 spiro atoms. The fourth-order valence-electron chi connectivity index (χ4n) is 0.313. The van der Waals surface area contributed by atoms with E-state index in [1.54, 1.807) is 12.4 Å². The maximum atomic E-state index is 7.08. The van der Waals surface area contributed by atoms with Crippen LogP contribution in [0.5, 0.6) is 0 Å². The molecule has 0 aliphatic rings. The van der Waals surface area contributed by atoms with Gasteiger partial charge in [0.15, 0.2) is 0 Å². The monoisotopic (exact) mass is 284 g/mol. The van der Waals surface area contributed by atoms with Gasteiger partial charge in [0, 0.05) is 19.1 Å². The van der Waals surface area contributed by atoms with E-state index in [4.69, 9.17) is 5.21 Å². The zero-order chi connectivity index (χ0) is 6.95. The number of aromatic nitrogens is 1. The Morgan fingerprint density at radius 3 is 1.55 bits per heavy atom. The van der Waals surface area contributed by atoms with Crippen molar-refractivity contribution in [2.24, 2.45) is 5.16 Å². The third-order valence-corrected chi connectivity index (χ3v) is 0.566. The van der Waals surface area contributed by atoms with Crippen molar-refractivity contribution < 1.29 is 5.21 Å². The quantitative estimate of drug-likeness (QED) is 0.452. The second-order valence-electron chi connectivity index (χ2n) is 1.17. The predicted octanol–water partition coefficient (Wildman–Crippen LogP) is 2.31. The van der Waals surface area contributed by atoms with Gasteiger partial charge in [0.1, 0.15) is 0 Å². The van der Waals surface area contributed by atoms with Crippen LogP contribution in [0.4, 0.5) is 0 Å². The lowest BCUT2D eigenvalue weighted by Crippen LogP contribution is -1.58. The molecular weight excluding hydrogens is 276 g/mol. The van der Waals surface area contributed by atoms with Crippen molar-refractivity contribution in [1.29, 1.82) is 0 Å². The van der Waals surface area contributed by atoms with Crippen LogP contribution in [-0.2, 0) is 0 Å². The zero-order valence-corrected chi connectivity index (χ0v) is 9.18. The van der Waals surface area contributed by atoms with Gasteiger partial charge in [-0.05, 0) is 12.1 Å². The molecule has 5 heteroatoms. The maximum absolute atomic E-state index is 7.08. The highest BCUT2D eigenvalue weighted by molar-refractivity contribution is 8.93. The van der Waals surface area contributed by atoms with Crippen molar-refractivity contribution in [2.45, 2.75) is 0 Å². The largest absolute Gasteiger partial charge is 0.411 e. The molecule has 3 nitrogen and oxygen atoms in total. The number of halogens is 2. The summed E-state index contributed by atoms with van der Waals surface area (Å²) in [6.45, 7) is 2.67. The molecule has 0 fully saturated rings. The third kappa shape index (κ3) is 17.7. The smallest absolute Gasteiger partial charge is 0.0298 e. The molecule has 1 aromatic heterocycles. The molecule has 1 rings (SSSR count). The van der Waals surface area contributed by atoms with Gasteiger partial charge in [0.25, 0.3) is 0 Å². The highest BCUT2D eigenvalue weighted by atomic mass is 79.9. The fraction of sp³-hybridized carbons (Fsp3) is 0. The van der Waals surface area contributed by atoms with Crippen LogP contribution in [0.15, 0.2) is 35.7 Å². The molecule has 0 unspecified atom stereocenters. The number of hydrogen-bond acceptors (Lipinski definition) is 3.